The van der Waals surface area contributed by atoms with Gasteiger partial charge in [-0.05, 0) is 18.2 Å². The van der Waals surface area contributed by atoms with E-state index in [9.17, 15) is 18.0 Å². The van der Waals surface area contributed by atoms with Gasteiger partial charge < -0.3 is 0 Å². The van der Waals surface area contributed by atoms with E-state index in [4.69, 9.17) is 11.6 Å². The molecule has 0 unspecified atom stereocenters. The molecule has 0 atom stereocenters. The molecule has 0 aliphatic rings. The third-order valence-electron chi connectivity index (χ3n) is 1.72. The number of alkyl halides is 4. The minimum atomic E-state index is -4.46. The van der Waals surface area contributed by atoms with Crippen molar-refractivity contribution in [1.29, 1.82) is 0 Å². The minimum Gasteiger partial charge on any atom is -0.293 e. The maximum atomic E-state index is 12.3. The molecule has 0 aromatic heterocycles. The van der Waals surface area contributed by atoms with Gasteiger partial charge in [0, 0.05) is 10.0 Å². The van der Waals surface area contributed by atoms with Crippen LogP contribution in [0.4, 0.5) is 13.2 Å². The van der Waals surface area contributed by atoms with Gasteiger partial charge in [0.1, 0.15) is 0 Å². The van der Waals surface area contributed by atoms with E-state index in [1.807, 2.05) is 0 Å². The third kappa shape index (κ3) is 2.95. The first-order valence-electron chi connectivity index (χ1n) is 3.82. The molecule has 15 heavy (non-hydrogen) atoms. The summed E-state index contributed by atoms with van der Waals surface area (Å²) in [6.07, 6.45) is -4.46. The first kappa shape index (κ1) is 12.5. The Labute approximate surface area is 97.4 Å². The summed E-state index contributed by atoms with van der Waals surface area (Å²) in [6.45, 7) is 0. The Morgan fingerprint density at radius 1 is 1.40 bits per heavy atom. The molecule has 0 amide bonds. The maximum absolute atomic E-state index is 12.3. The highest BCUT2D eigenvalue weighted by atomic mass is 79.9. The molecule has 82 valence electrons. The van der Waals surface area contributed by atoms with Crippen LogP contribution in [0, 0.1) is 0 Å². The smallest absolute Gasteiger partial charge is 0.293 e. The number of hydrogen-bond acceptors (Lipinski definition) is 1. The van der Waals surface area contributed by atoms with Crippen molar-refractivity contribution in [2.24, 2.45) is 0 Å². The molecule has 0 saturated heterocycles. The second kappa shape index (κ2) is 4.53. The number of ketones is 1. The first-order chi connectivity index (χ1) is 6.86. The zero-order valence-corrected chi connectivity index (χ0v) is 9.58. The number of carbonyl (C=O) groups excluding carboxylic acids is 1. The molecule has 6 heteroatoms. The standard InChI is InChI=1S/C9H5BrClF3O/c10-7-2-1-5(9(12,13)14)3-6(7)8(15)4-11/h1-3H,4H2. The average molecular weight is 301 g/mol. The van der Waals surface area contributed by atoms with Crippen molar-refractivity contribution >= 4 is 33.3 Å². The summed E-state index contributed by atoms with van der Waals surface area (Å²) in [5.74, 6) is -0.894. The number of hydrogen-bond donors (Lipinski definition) is 0. The van der Waals surface area contributed by atoms with Crippen molar-refractivity contribution < 1.29 is 18.0 Å². The van der Waals surface area contributed by atoms with Gasteiger partial charge in [0.05, 0.1) is 11.4 Å². The summed E-state index contributed by atoms with van der Waals surface area (Å²) < 4.78 is 37.2. The molecule has 0 N–H and O–H groups in total. The van der Waals surface area contributed by atoms with Gasteiger partial charge >= 0.3 is 6.18 Å². The van der Waals surface area contributed by atoms with Crippen LogP contribution in [0.5, 0.6) is 0 Å². The quantitative estimate of drug-likeness (QED) is 0.598. The maximum Gasteiger partial charge on any atom is 0.416 e. The summed E-state index contributed by atoms with van der Waals surface area (Å²) in [7, 11) is 0. The van der Waals surface area contributed by atoms with E-state index >= 15 is 0 Å². The normalized spacial score (nSPS) is 11.5. The molecule has 0 aliphatic carbocycles. The topological polar surface area (TPSA) is 17.1 Å². The Bertz CT molecular complexity index is 389. The third-order valence-corrected chi connectivity index (χ3v) is 2.65. The van der Waals surface area contributed by atoms with E-state index in [2.05, 4.69) is 15.9 Å². The second-order valence-electron chi connectivity index (χ2n) is 2.75. The lowest BCUT2D eigenvalue weighted by Gasteiger charge is -2.09. The van der Waals surface area contributed by atoms with Gasteiger partial charge in [0.2, 0.25) is 0 Å². The van der Waals surface area contributed by atoms with Crippen LogP contribution in [0.15, 0.2) is 22.7 Å². The highest BCUT2D eigenvalue weighted by Gasteiger charge is 2.31. The Hall–Kier alpha value is -0.550. The van der Waals surface area contributed by atoms with Crippen LogP contribution in [-0.2, 0) is 6.18 Å². The SMILES string of the molecule is O=C(CCl)c1cc(C(F)(F)F)ccc1Br. The number of rotatable bonds is 2. The van der Waals surface area contributed by atoms with Crippen LogP contribution < -0.4 is 0 Å². The molecule has 0 saturated carbocycles. The molecule has 0 heterocycles. The molecular weight excluding hydrogens is 296 g/mol. The van der Waals surface area contributed by atoms with Crippen LogP contribution in [0.25, 0.3) is 0 Å². The van der Waals surface area contributed by atoms with E-state index < -0.39 is 17.5 Å². The molecule has 0 spiro atoms. The number of benzene rings is 1. The van der Waals surface area contributed by atoms with Crippen molar-refractivity contribution in [2.45, 2.75) is 6.18 Å². The van der Waals surface area contributed by atoms with Gasteiger partial charge in [-0.15, -0.1) is 11.6 Å². The second-order valence-corrected chi connectivity index (χ2v) is 3.87. The lowest BCUT2D eigenvalue weighted by atomic mass is 10.1. The lowest BCUT2D eigenvalue weighted by Crippen LogP contribution is -2.08. The number of Topliss-reactive ketones (excluding diaryl/α,β-unsaturated/α-hetero) is 1. The summed E-state index contributed by atoms with van der Waals surface area (Å²) in [4.78, 5) is 11.2. The van der Waals surface area contributed by atoms with E-state index in [0.717, 1.165) is 12.1 Å². The number of halogens is 5. The Kier molecular flexibility index (Phi) is 3.78. The monoisotopic (exact) mass is 300 g/mol. The van der Waals surface area contributed by atoms with Crippen LogP contribution in [0.3, 0.4) is 0 Å². The van der Waals surface area contributed by atoms with Gasteiger partial charge in [0.25, 0.3) is 0 Å². The largest absolute Gasteiger partial charge is 0.416 e. The van der Waals surface area contributed by atoms with Crippen LogP contribution in [-0.4, -0.2) is 11.7 Å². The highest BCUT2D eigenvalue weighted by Crippen LogP contribution is 2.32. The molecule has 0 fully saturated rings. The van der Waals surface area contributed by atoms with Crippen LogP contribution in [0.1, 0.15) is 15.9 Å². The van der Waals surface area contributed by atoms with Crippen molar-refractivity contribution in [3.05, 3.63) is 33.8 Å². The van der Waals surface area contributed by atoms with Crippen LogP contribution >= 0.6 is 27.5 Å². The molecule has 0 bridgehead atoms. The van der Waals surface area contributed by atoms with Crippen molar-refractivity contribution in [2.75, 3.05) is 5.88 Å². The fraction of sp³-hybridized carbons (Fsp3) is 0.222. The van der Waals surface area contributed by atoms with E-state index in [0.29, 0.717) is 4.47 Å². The molecule has 0 aliphatic heterocycles. The van der Waals surface area contributed by atoms with Crippen molar-refractivity contribution in [1.82, 2.24) is 0 Å². The predicted molar refractivity (Wildman–Crippen MR) is 54.2 cm³/mol. The summed E-state index contributed by atoms with van der Waals surface area (Å²) in [6, 6.07) is 2.87. The Balaban J connectivity index is 3.23. The first-order valence-corrected chi connectivity index (χ1v) is 5.15. The van der Waals surface area contributed by atoms with Crippen LogP contribution in [0.2, 0.25) is 0 Å². The predicted octanol–water partition coefficient (Wildman–Crippen LogP) is 3.89. The van der Waals surface area contributed by atoms with Crippen molar-refractivity contribution in [3.63, 3.8) is 0 Å². The zero-order chi connectivity index (χ0) is 11.6. The van der Waals surface area contributed by atoms with Gasteiger partial charge in [-0.3, -0.25) is 4.79 Å². The summed E-state index contributed by atoms with van der Waals surface area (Å²) in [5.41, 5.74) is -0.918. The minimum absolute atomic E-state index is 0.0557. The van der Waals surface area contributed by atoms with Gasteiger partial charge in [0.15, 0.2) is 5.78 Å². The van der Waals surface area contributed by atoms with E-state index in [-0.39, 0.29) is 11.4 Å². The Morgan fingerprint density at radius 3 is 2.47 bits per heavy atom. The summed E-state index contributed by atoms with van der Waals surface area (Å²) in [5, 5.41) is 0. The lowest BCUT2D eigenvalue weighted by molar-refractivity contribution is -0.137. The summed E-state index contributed by atoms with van der Waals surface area (Å²) >= 11 is 8.27. The molecule has 1 nitrogen and oxygen atoms in total. The molecule has 0 radical (unpaired) electrons. The Morgan fingerprint density at radius 2 is 2.00 bits per heavy atom. The fourth-order valence-electron chi connectivity index (χ4n) is 0.987. The van der Waals surface area contributed by atoms with Gasteiger partial charge in [-0.2, -0.15) is 13.2 Å². The molecule has 1 rings (SSSR count). The number of carbonyl (C=O) groups is 1. The van der Waals surface area contributed by atoms with E-state index in [1.165, 1.54) is 6.07 Å². The molecule has 1 aromatic rings. The van der Waals surface area contributed by atoms with E-state index in [1.54, 1.807) is 0 Å². The fourth-order valence-corrected chi connectivity index (χ4v) is 1.60. The van der Waals surface area contributed by atoms with Crippen molar-refractivity contribution in [3.8, 4) is 0 Å². The highest BCUT2D eigenvalue weighted by molar-refractivity contribution is 9.10. The molecular formula is C9H5BrClF3O. The zero-order valence-electron chi connectivity index (χ0n) is 7.24. The van der Waals surface area contributed by atoms with Gasteiger partial charge in [-0.1, -0.05) is 15.9 Å². The van der Waals surface area contributed by atoms with Gasteiger partial charge in [-0.25, -0.2) is 0 Å². The average Bonchev–Trinajstić information content (AvgIpc) is 2.15. The molecule has 1 aromatic carbocycles.